The summed E-state index contributed by atoms with van der Waals surface area (Å²) < 4.78 is 33.5. The van der Waals surface area contributed by atoms with E-state index in [0.717, 1.165) is 88.9 Å². The van der Waals surface area contributed by atoms with Gasteiger partial charge < -0.3 is 0 Å². The zero-order chi connectivity index (χ0) is 38.9. The van der Waals surface area contributed by atoms with Crippen molar-refractivity contribution in [3.63, 3.8) is 0 Å². The Balaban J connectivity index is 2.31. The van der Waals surface area contributed by atoms with Gasteiger partial charge in [0.2, 0.25) is 0 Å². The van der Waals surface area contributed by atoms with E-state index in [1.165, 1.54) is 9.88 Å². The van der Waals surface area contributed by atoms with Gasteiger partial charge in [-0.05, 0) is 0 Å². The first kappa shape index (κ1) is 45.8. The number of unbranched alkanes of at least 4 members (excludes halogenated alkanes) is 3. The molecule has 2 heterocycles. The fraction of sp³-hybridized carbons (Fsp3) is 0.684. The zero-order valence-electron chi connectivity index (χ0n) is 32.5. The van der Waals surface area contributed by atoms with E-state index in [1.54, 1.807) is 0 Å². The summed E-state index contributed by atoms with van der Waals surface area (Å²) in [6.45, 7) is 12.2. The Morgan fingerprint density at radius 1 is 0.635 bits per heavy atom. The monoisotopic (exact) mass is 948 g/mol. The van der Waals surface area contributed by atoms with Gasteiger partial charge in [-0.15, -0.1) is 0 Å². The molecular weight excluding hydrogens is 886 g/mol. The normalized spacial score (nSPS) is 22.7. The molecule has 14 heteroatoms. The molecule has 2 aliphatic heterocycles. The fourth-order valence-corrected chi connectivity index (χ4v) is 14.6. The van der Waals surface area contributed by atoms with Gasteiger partial charge in [0.15, 0.2) is 0 Å². The van der Waals surface area contributed by atoms with Gasteiger partial charge in [0.25, 0.3) is 0 Å². The summed E-state index contributed by atoms with van der Waals surface area (Å²) >= 11 is -10.3. The van der Waals surface area contributed by atoms with Crippen LogP contribution < -0.4 is 0 Å². The SMILES string of the molecule is CCCCC(CC)CC1=CC(=O)[O][Sn]([CH3])([O]C(=O)/C=C(/CC(CC)CCCC)C(=O)[O][Sn]2([CH3])[O]C(=O)C=C(CC(CC)CCCC)C(=O)[O]2)[O]C1=O. The third-order valence-corrected chi connectivity index (χ3v) is 19.2. The molecule has 0 radical (unpaired) electrons. The summed E-state index contributed by atoms with van der Waals surface area (Å²) in [6, 6.07) is 0. The summed E-state index contributed by atoms with van der Waals surface area (Å²) in [5, 5.41) is 0. The van der Waals surface area contributed by atoms with E-state index in [9.17, 15) is 28.8 Å². The predicted octanol–water partition coefficient (Wildman–Crippen LogP) is 8.01. The van der Waals surface area contributed by atoms with Crippen LogP contribution in [0.4, 0.5) is 0 Å². The molecule has 0 aromatic rings. The van der Waals surface area contributed by atoms with Crippen LogP contribution in [0, 0.1) is 17.8 Å². The number of hydrogen-bond donors (Lipinski definition) is 0. The summed E-state index contributed by atoms with van der Waals surface area (Å²) in [5.41, 5.74) is 0.247. The van der Waals surface area contributed by atoms with Crippen molar-refractivity contribution in [2.45, 2.75) is 148 Å². The van der Waals surface area contributed by atoms with E-state index in [0.29, 0.717) is 19.3 Å². The molecule has 0 amide bonds. The molecule has 0 saturated carbocycles. The Morgan fingerprint density at radius 2 is 1.04 bits per heavy atom. The third kappa shape index (κ3) is 15.5. The number of hydrogen-bond acceptors (Lipinski definition) is 12. The van der Waals surface area contributed by atoms with Gasteiger partial charge >= 0.3 is 323 Å². The first-order chi connectivity index (χ1) is 24.6. The maximum atomic E-state index is 13.8. The second kappa shape index (κ2) is 22.8. The Kier molecular flexibility index (Phi) is 20.0. The van der Waals surface area contributed by atoms with Crippen molar-refractivity contribution < 1.29 is 47.2 Å². The van der Waals surface area contributed by atoms with E-state index >= 15 is 0 Å². The van der Waals surface area contributed by atoms with Crippen LogP contribution in [0.2, 0.25) is 9.88 Å². The van der Waals surface area contributed by atoms with Gasteiger partial charge in [-0.1, -0.05) is 0 Å². The Bertz CT molecular complexity index is 1370. The van der Waals surface area contributed by atoms with Gasteiger partial charge in [-0.3, -0.25) is 0 Å². The fourth-order valence-electron chi connectivity index (χ4n) is 6.26. The van der Waals surface area contributed by atoms with Crippen molar-refractivity contribution in [1.82, 2.24) is 0 Å². The van der Waals surface area contributed by atoms with Gasteiger partial charge in [0, 0.05) is 0 Å². The van der Waals surface area contributed by atoms with Crippen LogP contribution in [0.1, 0.15) is 138 Å². The van der Waals surface area contributed by atoms with Crippen molar-refractivity contribution in [3.8, 4) is 0 Å². The Morgan fingerprint density at radius 3 is 1.44 bits per heavy atom. The second-order valence-corrected chi connectivity index (χ2v) is 27.4. The van der Waals surface area contributed by atoms with Crippen molar-refractivity contribution in [2.24, 2.45) is 17.8 Å². The van der Waals surface area contributed by atoms with Crippen molar-refractivity contribution in [3.05, 3.63) is 34.9 Å². The first-order valence-electron chi connectivity index (χ1n) is 19.1. The Hall–Kier alpha value is -2.36. The first-order valence-corrected chi connectivity index (χ1v) is 31.8. The van der Waals surface area contributed by atoms with Crippen LogP contribution in [0.5, 0.6) is 0 Å². The molecule has 0 aliphatic carbocycles. The van der Waals surface area contributed by atoms with Crippen LogP contribution in [-0.4, -0.2) is 75.1 Å². The molecule has 0 aromatic heterocycles. The van der Waals surface area contributed by atoms with Gasteiger partial charge in [0.1, 0.15) is 0 Å². The minimum absolute atomic E-state index is 0.0187. The molecule has 2 aliphatic rings. The van der Waals surface area contributed by atoms with E-state index in [1.807, 2.05) is 27.7 Å². The van der Waals surface area contributed by atoms with Crippen molar-refractivity contribution >= 4 is 75.1 Å². The van der Waals surface area contributed by atoms with Gasteiger partial charge in [0.05, 0.1) is 0 Å². The minimum atomic E-state index is -5.18. The van der Waals surface area contributed by atoms with E-state index < -0.39 is 75.1 Å². The molecule has 5 unspecified atom stereocenters. The zero-order valence-corrected chi connectivity index (χ0v) is 38.2. The molecule has 0 fully saturated rings. The van der Waals surface area contributed by atoms with Crippen LogP contribution in [-0.2, 0) is 47.2 Å². The molecule has 0 spiro atoms. The Labute approximate surface area is 320 Å². The van der Waals surface area contributed by atoms with Gasteiger partial charge in [-0.2, -0.15) is 0 Å². The van der Waals surface area contributed by atoms with E-state index in [-0.39, 0.29) is 40.9 Å². The topological polar surface area (TPSA) is 158 Å². The number of carbonyl (C=O) groups excluding carboxylic acids is 6. The number of carbonyl (C=O) groups is 6. The standard InChI is InChI=1S/3C12H20O4.2CH3.2Sn/c3*1-3-5-6-9(4-2)7-10(12(15)16)8-11(13)14;;;;/h3*8-9H,3-7H2,1-2H3,(H,13,14)(H,15,16);2*1H3;;/q;;;;;2*+3/p-6/b10-8-;;;;;;. The van der Waals surface area contributed by atoms with Gasteiger partial charge in [-0.25, -0.2) is 0 Å². The average Bonchev–Trinajstić information content (AvgIpc) is 3.25. The maximum absolute atomic E-state index is 13.8. The molecule has 0 N–H and O–H groups in total. The van der Waals surface area contributed by atoms with Crippen LogP contribution in [0.25, 0.3) is 0 Å². The summed E-state index contributed by atoms with van der Waals surface area (Å²) in [6.07, 6.45) is 14.6. The molecule has 2 rings (SSSR count). The van der Waals surface area contributed by atoms with Crippen LogP contribution >= 0.6 is 0 Å². The summed E-state index contributed by atoms with van der Waals surface area (Å²) in [7, 11) is 0. The van der Waals surface area contributed by atoms with Crippen LogP contribution in [0.3, 0.4) is 0 Å². The second-order valence-electron chi connectivity index (χ2n) is 14.0. The molecular formula is C38H60O12Sn2. The van der Waals surface area contributed by atoms with Crippen molar-refractivity contribution in [2.75, 3.05) is 0 Å². The molecule has 292 valence electrons. The van der Waals surface area contributed by atoms with Crippen LogP contribution in [0.15, 0.2) is 34.9 Å². The van der Waals surface area contributed by atoms with E-state index in [4.69, 9.17) is 18.4 Å². The number of rotatable bonds is 22. The summed E-state index contributed by atoms with van der Waals surface area (Å²) in [4.78, 5) is 81.9. The van der Waals surface area contributed by atoms with Crippen molar-refractivity contribution in [1.29, 1.82) is 0 Å². The van der Waals surface area contributed by atoms with E-state index in [2.05, 4.69) is 13.8 Å². The molecule has 0 aromatic carbocycles. The third-order valence-electron chi connectivity index (χ3n) is 9.51. The molecule has 12 nitrogen and oxygen atoms in total. The molecule has 0 saturated heterocycles. The molecule has 0 bridgehead atoms. The predicted molar refractivity (Wildman–Crippen MR) is 198 cm³/mol. The summed E-state index contributed by atoms with van der Waals surface area (Å²) in [5.74, 6) is -4.87. The molecule has 5 atom stereocenters. The average molecular weight is 946 g/mol. The quantitative estimate of drug-likeness (QED) is 0.0762. The molecule has 52 heavy (non-hydrogen) atoms.